The molecule has 0 saturated carbocycles. The number of halogens is 2. The molecule has 0 aliphatic rings. The van der Waals surface area contributed by atoms with Crippen LogP contribution in [0.3, 0.4) is 0 Å². The maximum atomic E-state index is 12.5. The third kappa shape index (κ3) is 6.51. The number of esters is 1. The summed E-state index contributed by atoms with van der Waals surface area (Å²) in [5.41, 5.74) is -0.276. The lowest BCUT2D eigenvalue weighted by molar-refractivity contribution is -0.154. The number of pyridine rings is 1. The summed E-state index contributed by atoms with van der Waals surface area (Å²) in [5.74, 6) is -1.43. The Morgan fingerprint density at radius 1 is 1.25 bits per heavy atom. The van der Waals surface area contributed by atoms with Crippen molar-refractivity contribution < 1.29 is 28.9 Å². The fourth-order valence-corrected chi connectivity index (χ4v) is 3.14. The van der Waals surface area contributed by atoms with Gasteiger partial charge in [-0.25, -0.2) is 9.78 Å². The molecular weight excluding hydrogens is 459 g/mol. The van der Waals surface area contributed by atoms with Gasteiger partial charge in [-0.2, -0.15) is 0 Å². The third-order valence-electron chi connectivity index (χ3n) is 4.42. The van der Waals surface area contributed by atoms with Gasteiger partial charge in [-0.3, -0.25) is 4.79 Å². The van der Waals surface area contributed by atoms with Gasteiger partial charge < -0.3 is 24.6 Å². The van der Waals surface area contributed by atoms with E-state index in [1.54, 1.807) is 31.2 Å². The highest BCUT2D eigenvalue weighted by atomic mass is 35.5. The van der Waals surface area contributed by atoms with Crippen LogP contribution in [0.4, 0.5) is 0 Å². The molecule has 10 heteroatoms. The first-order valence-electron chi connectivity index (χ1n) is 9.63. The summed E-state index contributed by atoms with van der Waals surface area (Å²) in [4.78, 5) is 28.8. The van der Waals surface area contributed by atoms with Crippen LogP contribution in [0.2, 0.25) is 10.0 Å². The number of nitrogens with one attached hydrogen (secondary N) is 1. The van der Waals surface area contributed by atoms with Gasteiger partial charge in [-0.1, -0.05) is 29.3 Å². The van der Waals surface area contributed by atoms with Crippen LogP contribution in [0.25, 0.3) is 0 Å². The molecule has 2 rings (SSSR count). The predicted octanol–water partition coefficient (Wildman–Crippen LogP) is 4.18. The highest BCUT2D eigenvalue weighted by Gasteiger charge is 2.27. The molecule has 32 heavy (non-hydrogen) atoms. The third-order valence-corrected chi connectivity index (χ3v) is 4.95. The zero-order valence-electron chi connectivity index (χ0n) is 17.8. The number of carbonyl (C=O) groups is 2. The Morgan fingerprint density at radius 3 is 2.59 bits per heavy atom. The van der Waals surface area contributed by atoms with Crippen LogP contribution in [-0.4, -0.2) is 47.3 Å². The Hall–Kier alpha value is -2.97. The Morgan fingerprint density at radius 2 is 1.97 bits per heavy atom. The second-order valence-corrected chi connectivity index (χ2v) is 7.65. The first kappa shape index (κ1) is 25.3. The van der Waals surface area contributed by atoms with E-state index in [2.05, 4.69) is 16.9 Å². The van der Waals surface area contributed by atoms with Crippen LogP contribution < -0.4 is 14.8 Å². The molecule has 0 saturated heterocycles. The highest BCUT2D eigenvalue weighted by molar-refractivity contribution is 6.35. The second kappa shape index (κ2) is 11.6. The van der Waals surface area contributed by atoms with Crippen molar-refractivity contribution in [3.05, 3.63) is 58.9 Å². The molecule has 1 aromatic carbocycles. The van der Waals surface area contributed by atoms with Crippen LogP contribution >= 0.6 is 23.2 Å². The number of hydrogen-bond acceptors (Lipinski definition) is 7. The number of carbonyl (C=O) groups excluding carboxylic acids is 2. The predicted molar refractivity (Wildman–Crippen MR) is 121 cm³/mol. The molecule has 2 N–H and O–H groups in total. The summed E-state index contributed by atoms with van der Waals surface area (Å²) in [6.45, 7) is 6.80. The molecule has 1 aromatic heterocycles. The van der Waals surface area contributed by atoms with Gasteiger partial charge in [0.15, 0.2) is 17.2 Å². The minimum absolute atomic E-state index is 0.0827. The molecular formula is C22H24Cl2N2O6. The summed E-state index contributed by atoms with van der Waals surface area (Å²) in [6, 6.07) is 5.16. The number of nitrogens with zero attached hydrogens (tertiary/aromatic N) is 1. The first-order chi connectivity index (χ1) is 15.2. The minimum Gasteiger partial charge on any atom is -0.503 e. The molecule has 0 radical (unpaired) electrons. The standard InChI is InChI=1S/C22H24Cl2N2O6/c1-5-6-16(32-17-8-7-14(23)11-15(17)24)13(3)31-22(29)12(2)26-21(28)19-20(27)18(30-4)9-10-25-19/h5,7-13,16,27H,1,6H2,2-4H3,(H,26,28)/t12-,13?,16+/m0/s1. The second-order valence-electron chi connectivity index (χ2n) is 6.80. The maximum absolute atomic E-state index is 12.5. The van der Waals surface area contributed by atoms with E-state index in [1.807, 2.05) is 0 Å². The van der Waals surface area contributed by atoms with Gasteiger partial charge in [0.25, 0.3) is 5.91 Å². The van der Waals surface area contributed by atoms with Crippen molar-refractivity contribution >= 4 is 35.1 Å². The molecule has 1 amide bonds. The normalized spacial score (nSPS) is 13.4. The zero-order chi connectivity index (χ0) is 23.8. The van der Waals surface area contributed by atoms with Crippen molar-refractivity contribution in [1.82, 2.24) is 10.3 Å². The van der Waals surface area contributed by atoms with E-state index in [-0.39, 0.29) is 11.4 Å². The number of amides is 1. The van der Waals surface area contributed by atoms with Gasteiger partial charge >= 0.3 is 5.97 Å². The highest BCUT2D eigenvalue weighted by Crippen LogP contribution is 2.30. The number of aromatic hydroxyl groups is 1. The van der Waals surface area contributed by atoms with Crippen molar-refractivity contribution in [3.63, 3.8) is 0 Å². The van der Waals surface area contributed by atoms with E-state index >= 15 is 0 Å². The summed E-state index contributed by atoms with van der Waals surface area (Å²) in [6.07, 6.45) is 2.02. The molecule has 172 valence electrons. The lowest BCUT2D eigenvalue weighted by atomic mass is 10.1. The number of rotatable bonds is 10. The van der Waals surface area contributed by atoms with Crippen molar-refractivity contribution in [3.8, 4) is 17.2 Å². The van der Waals surface area contributed by atoms with Crippen LogP contribution in [0.15, 0.2) is 43.1 Å². The molecule has 1 unspecified atom stereocenters. The SMILES string of the molecule is C=CC[C@@H](Oc1ccc(Cl)cc1Cl)C(C)OC(=O)[C@H](C)NC(=O)c1nccc(OC)c1O. The zero-order valence-corrected chi connectivity index (χ0v) is 19.3. The molecule has 0 aliphatic carbocycles. The summed E-state index contributed by atoms with van der Waals surface area (Å²) >= 11 is 12.1. The van der Waals surface area contributed by atoms with Crippen molar-refractivity contribution in [2.75, 3.05) is 7.11 Å². The topological polar surface area (TPSA) is 107 Å². The molecule has 3 atom stereocenters. The number of ether oxygens (including phenoxy) is 3. The van der Waals surface area contributed by atoms with Crippen LogP contribution in [0.5, 0.6) is 17.2 Å². The Labute approximate surface area is 196 Å². The van der Waals surface area contributed by atoms with Crippen molar-refractivity contribution in [2.45, 2.75) is 38.5 Å². The van der Waals surface area contributed by atoms with E-state index in [0.29, 0.717) is 22.2 Å². The Kier molecular flexibility index (Phi) is 9.16. The smallest absolute Gasteiger partial charge is 0.328 e. The average molecular weight is 483 g/mol. The van der Waals surface area contributed by atoms with E-state index < -0.39 is 35.9 Å². The minimum atomic E-state index is -1.03. The molecule has 0 fully saturated rings. The number of methoxy groups -OCH3 is 1. The monoisotopic (exact) mass is 482 g/mol. The lowest BCUT2D eigenvalue weighted by Crippen LogP contribution is -2.43. The fraction of sp³-hybridized carbons (Fsp3) is 0.318. The fourth-order valence-electron chi connectivity index (χ4n) is 2.69. The van der Waals surface area contributed by atoms with Crippen molar-refractivity contribution in [1.29, 1.82) is 0 Å². The van der Waals surface area contributed by atoms with E-state index in [1.165, 1.54) is 26.3 Å². The quantitative estimate of drug-likeness (QED) is 0.386. The van der Waals surface area contributed by atoms with E-state index in [9.17, 15) is 14.7 Å². The van der Waals surface area contributed by atoms with E-state index in [4.69, 9.17) is 37.4 Å². The summed E-state index contributed by atoms with van der Waals surface area (Å²) in [5, 5.41) is 13.3. The van der Waals surface area contributed by atoms with Crippen LogP contribution in [-0.2, 0) is 9.53 Å². The summed E-state index contributed by atoms with van der Waals surface area (Å²) < 4.78 is 16.3. The van der Waals surface area contributed by atoms with E-state index in [0.717, 1.165) is 0 Å². The summed E-state index contributed by atoms with van der Waals surface area (Å²) in [7, 11) is 1.34. The largest absolute Gasteiger partial charge is 0.503 e. The maximum Gasteiger partial charge on any atom is 0.328 e. The molecule has 2 aromatic rings. The number of hydrogen-bond donors (Lipinski definition) is 2. The molecule has 1 heterocycles. The lowest BCUT2D eigenvalue weighted by Gasteiger charge is -2.26. The van der Waals surface area contributed by atoms with Gasteiger partial charge in [0.05, 0.1) is 12.1 Å². The van der Waals surface area contributed by atoms with Gasteiger partial charge in [0.1, 0.15) is 24.0 Å². The molecule has 0 spiro atoms. The first-order valence-corrected chi connectivity index (χ1v) is 10.4. The van der Waals surface area contributed by atoms with Gasteiger partial charge in [0.2, 0.25) is 0 Å². The van der Waals surface area contributed by atoms with Gasteiger partial charge in [0, 0.05) is 23.7 Å². The van der Waals surface area contributed by atoms with Crippen molar-refractivity contribution in [2.24, 2.45) is 0 Å². The van der Waals surface area contributed by atoms with Crippen LogP contribution in [0, 0.1) is 0 Å². The molecule has 0 bridgehead atoms. The number of benzene rings is 1. The molecule has 0 aliphatic heterocycles. The molecule has 8 nitrogen and oxygen atoms in total. The Bertz CT molecular complexity index is 985. The average Bonchev–Trinajstić information content (AvgIpc) is 2.74. The van der Waals surface area contributed by atoms with Gasteiger partial charge in [-0.15, -0.1) is 6.58 Å². The van der Waals surface area contributed by atoms with Crippen LogP contribution in [0.1, 0.15) is 30.8 Å². The Balaban J connectivity index is 2.03. The number of aromatic nitrogens is 1. The van der Waals surface area contributed by atoms with Gasteiger partial charge in [-0.05, 0) is 32.0 Å².